The minimum Gasteiger partial charge on any atom is -0.462 e. The lowest BCUT2D eigenvalue weighted by molar-refractivity contribution is -0.161. The van der Waals surface area contributed by atoms with Crippen molar-refractivity contribution in [3.8, 4) is 0 Å². The van der Waals surface area contributed by atoms with Crippen molar-refractivity contribution in [2.45, 2.75) is 135 Å². The smallest absolute Gasteiger partial charge is 0.462 e. The van der Waals surface area contributed by atoms with Gasteiger partial charge in [0.25, 0.3) is 0 Å². The highest BCUT2D eigenvalue weighted by molar-refractivity contribution is 7.46. The third kappa shape index (κ3) is 38.0. The third-order valence-corrected chi connectivity index (χ3v) is 7.68. The van der Waals surface area contributed by atoms with Gasteiger partial charge in [0.15, 0.2) is 6.10 Å². The molecule has 0 aliphatic rings. The molecule has 0 spiro atoms. The zero-order valence-corrected chi connectivity index (χ0v) is 32.0. The van der Waals surface area contributed by atoms with Gasteiger partial charge < -0.3 is 24.4 Å². The number of carbonyl (C=O) groups excluding carboxylic acids is 2. The molecule has 0 bridgehead atoms. The van der Waals surface area contributed by atoms with Crippen molar-refractivity contribution in [3.63, 3.8) is 0 Å². The molecule has 0 aromatic heterocycles. The monoisotopic (exact) mass is 732 g/mol. The fourth-order valence-electron chi connectivity index (χ4n) is 4.41. The van der Waals surface area contributed by atoms with E-state index < -0.39 is 32.5 Å². The number of aliphatic hydroxyl groups excluding tert-OH is 1. The fraction of sp³-hybridized carbons (Fsp3) is 0.561. The van der Waals surface area contributed by atoms with Crippen molar-refractivity contribution in [2.24, 2.45) is 0 Å². The summed E-state index contributed by atoms with van der Waals surface area (Å²) in [6.45, 7) is 3.33. The molecule has 0 amide bonds. The number of phosphoric ester groups is 1. The number of phosphoric acid groups is 1. The van der Waals surface area contributed by atoms with E-state index in [4.69, 9.17) is 19.3 Å². The molecule has 2 atom stereocenters. The summed E-state index contributed by atoms with van der Waals surface area (Å²) in [5.41, 5.74) is 0. The molecule has 288 valence electrons. The number of hydrogen-bond acceptors (Lipinski definition) is 7. The van der Waals surface area contributed by atoms with Crippen LogP contribution in [-0.2, 0) is 28.2 Å². The van der Waals surface area contributed by atoms with Crippen molar-refractivity contribution in [1.82, 2.24) is 0 Å². The molecule has 0 unspecified atom stereocenters. The Morgan fingerprint density at radius 3 is 1.76 bits per heavy atom. The minimum atomic E-state index is -4.79. The van der Waals surface area contributed by atoms with Crippen LogP contribution in [0.5, 0.6) is 0 Å². The van der Waals surface area contributed by atoms with Gasteiger partial charge in [0.05, 0.1) is 12.7 Å². The highest BCUT2D eigenvalue weighted by Crippen LogP contribution is 2.35. The van der Waals surface area contributed by atoms with Gasteiger partial charge in [-0.1, -0.05) is 130 Å². The molecule has 0 heterocycles. The molecule has 0 aromatic rings. The molecule has 3 N–H and O–H groups in total. The van der Waals surface area contributed by atoms with Crippen molar-refractivity contribution in [1.29, 1.82) is 0 Å². The van der Waals surface area contributed by atoms with Gasteiger partial charge in [-0.05, 0) is 77.0 Å². The molecule has 0 fully saturated rings. The first-order valence-electron chi connectivity index (χ1n) is 18.6. The molecule has 10 heteroatoms. The summed E-state index contributed by atoms with van der Waals surface area (Å²) < 4.78 is 26.2. The number of allylic oxidation sites excluding steroid dienone is 15. The van der Waals surface area contributed by atoms with Crippen LogP contribution in [0.3, 0.4) is 0 Å². The topological polar surface area (TPSA) is 140 Å². The molecular weight excluding hydrogens is 667 g/mol. The molecule has 51 heavy (non-hydrogen) atoms. The Balaban J connectivity index is 4.23. The van der Waals surface area contributed by atoms with E-state index in [1.807, 2.05) is 36.5 Å². The van der Waals surface area contributed by atoms with Crippen molar-refractivity contribution < 1.29 is 43.0 Å². The van der Waals surface area contributed by atoms with E-state index in [1.54, 1.807) is 0 Å². The molecule has 0 aliphatic heterocycles. The predicted molar refractivity (Wildman–Crippen MR) is 208 cm³/mol. The largest absolute Gasteiger partial charge is 0.469 e. The molecule has 0 saturated heterocycles. The quantitative estimate of drug-likeness (QED) is 0.0203. The summed E-state index contributed by atoms with van der Waals surface area (Å²) in [6, 6.07) is 0. The van der Waals surface area contributed by atoms with Crippen molar-refractivity contribution in [3.05, 3.63) is 97.2 Å². The Kier molecular flexibility index (Phi) is 33.2. The van der Waals surface area contributed by atoms with E-state index in [1.165, 1.54) is 0 Å². The lowest BCUT2D eigenvalue weighted by Crippen LogP contribution is -2.29. The van der Waals surface area contributed by atoms with Gasteiger partial charge in [0, 0.05) is 12.8 Å². The Morgan fingerprint density at radius 1 is 0.627 bits per heavy atom. The molecule has 0 aromatic carbocycles. The Bertz CT molecular complexity index is 1160. The minimum absolute atomic E-state index is 0.101. The first kappa shape index (κ1) is 47.9. The van der Waals surface area contributed by atoms with Gasteiger partial charge in [-0.3, -0.25) is 14.1 Å². The van der Waals surface area contributed by atoms with Crippen LogP contribution in [0, 0.1) is 0 Å². The first-order chi connectivity index (χ1) is 24.7. The summed E-state index contributed by atoms with van der Waals surface area (Å²) in [5.74, 6) is -1.04. The fourth-order valence-corrected chi connectivity index (χ4v) is 4.77. The number of hydrogen-bond donors (Lipinski definition) is 3. The molecular formula is C41H65O9P. The zero-order chi connectivity index (χ0) is 37.7. The number of carbonyl (C=O) groups is 2. The van der Waals surface area contributed by atoms with Gasteiger partial charge in [0.1, 0.15) is 6.61 Å². The maximum atomic E-state index is 12.3. The first-order valence-corrected chi connectivity index (χ1v) is 20.2. The zero-order valence-electron chi connectivity index (χ0n) is 31.1. The predicted octanol–water partition coefficient (Wildman–Crippen LogP) is 10.0. The maximum Gasteiger partial charge on any atom is 0.469 e. The average Bonchev–Trinajstić information content (AvgIpc) is 3.09. The summed E-state index contributed by atoms with van der Waals surface area (Å²) >= 11 is 0. The second kappa shape index (κ2) is 35.3. The van der Waals surface area contributed by atoms with Crippen molar-refractivity contribution >= 4 is 19.8 Å². The van der Waals surface area contributed by atoms with Crippen molar-refractivity contribution in [2.75, 3.05) is 13.2 Å². The van der Waals surface area contributed by atoms with Crippen LogP contribution >= 0.6 is 7.82 Å². The molecule has 0 rings (SSSR count). The maximum absolute atomic E-state index is 12.3. The Morgan fingerprint density at radius 2 is 1.18 bits per heavy atom. The summed E-state index contributed by atoms with van der Waals surface area (Å²) in [4.78, 5) is 42.7. The van der Waals surface area contributed by atoms with E-state index in [0.29, 0.717) is 19.3 Å². The van der Waals surface area contributed by atoms with Crippen LogP contribution in [0.1, 0.15) is 123 Å². The van der Waals surface area contributed by atoms with E-state index in [2.05, 4.69) is 79.1 Å². The van der Waals surface area contributed by atoms with E-state index in [-0.39, 0.29) is 25.6 Å². The second-order valence-corrected chi connectivity index (χ2v) is 13.2. The number of aliphatic hydroxyl groups is 1. The van der Waals surface area contributed by atoms with Crippen LogP contribution in [0.4, 0.5) is 0 Å². The highest BCUT2D eigenvalue weighted by atomic mass is 31.2. The normalized spacial score (nSPS) is 14.2. The van der Waals surface area contributed by atoms with E-state index >= 15 is 0 Å². The Hall–Kier alpha value is -3.07. The molecule has 0 radical (unpaired) electrons. The van der Waals surface area contributed by atoms with Crippen LogP contribution in [0.15, 0.2) is 97.2 Å². The number of ether oxygens (including phenoxy) is 2. The lowest BCUT2D eigenvalue weighted by Gasteiger charge is -2.18. The number of esters is 2. The van der Waals surface area contributed by atoms with Gasteiger partial charge >= 0.3 is 19.8 Å². The summed E-state index contributed by atoms with van der Waals surface area (Å²) in [5, 5.41) is 9.86. The van der Waals surface area contributed by atoms with Gasteiger partial charge in [-0.15, -0.1) is 0 Å². The molecule has 0 saturated carbocycles. The standard InChI is InChI=1S/C41H65O9P/c1-3-5-7-8-9-10-11-12-13-14-17-20-23-26-30-34-40(43)48-36-39(37-49-51(45,46)47)50-41(44)35-31-27-24-21-18-15-16-19-22-25-29-33-38(42)32-28-6-4-2/h5,7,9-10,12-13,15-17,20-22,24-25,29,33,38-39,42H,3-4,6,8,11,14,18-19,23,26-28,30-32,34-37H2,1-2H3,(H2,45,46,47)/b7-5-,10-9-,13-12-,16-15-,20-17-,24-21-,25-22-,33-29+/t38-,39+/m0/s1. The second-order valence-electron chi connectivity index (χ2n) is 12.0. The van der Waals surface area contributed by atoms with Gasteiger partial charge in [0.2, 0.25) is 0 Å². The third-order valence-electron chi connectivity index (χ3n) is 7.19. The van der Waals surface area contributed by atoms with E-state index in [0.717, 1.165) is 77.0 Å². The molecule has 9 nitrogen and oxygen atoms in total. The van der Waals surface area contributed by atoms with Gasteiger partial charge in [-0.25, -0.2) is 4.57 Å². The van der Waals surface area contributed by atoms with Crippen LogP contribution in [0.2, 0.25) is 0 Å². The summed E-state index contributed by atoms with van der Waals surface area (Å²) in [6.07, 6.45) is 44.6. The lowest BCUT2D eigenvalue weighted by atomic mass is 10.1. The average molecular weight is 733 g/mol. The SMILES string of the molecule is CC/C=C\C/C=C\C/C=C\C/C=C\CCCCC(=O)OC[C@H](COP(=O)(O)O)OC(=O)CCC/C=C\C/C=C\C/C=C\C=C\[C@@H](O)CCCCC. The Labute approximate surface area is 307 Å². The summed E-state index contributed by atoms with van der Waals surface area (Å²) in [7, 11) is -4.79. The van der Waals surface area contributed by atoms with E-state index in [9.17, 15) is 19.3 Å². The molecule has 0 aliphatic carbocycles. The number of rotatable bonds is 32. The van der Waals surface area contributed by atoms with Crippen LogP contribution in [0.25, 0.3) is 0 Å². The number of unbranched alkanes of at least 4 members (excludes halogenated alkanes) is 5. The highest BCUT2D eigenvalue weighted by Gasteiger charge is 2.22. The van der Waals surface area contributed by atoms with Crippen LogP contribution in [-0.4, -0.2) is 52.3 Å². The van der Waals surface area contributed by atoms with Gasteiger partial charge in [-0.2, -0.15) is 0 Å². The van der Waals surface area contributed by atoms with Crippen LogP contribution < -0.4 is 0 Å².